The molecular formula is C25H31F5N2O2S. The number of hydrogen-bond acceptors (Lipinski definition) is 4. The third-order valence-corrected chi connectivity index (χ3v) is 6.31. The Morgan fingerprint density at radius 1 is 1.06 bits per heavy atom. The number of hydrogen-bond donors (Lipinski definition) is 3. The smallest absolute Gasteiger partial charge is 0.390 e. The molecule has 4 nitrogen and oxygen atoms in total. The minimum atomic E-state index is -4.46. The molecule has 1 amide bonds. The summed E-state index contributed by atoms with van der Waals surface area (Å²) in [4.78, 5) is 12.4. The van der Waals surface area contributed by atoms with E-state index in [0.717, 1.165) is 48.9 Å². The van der Waals surface area contributed by atoms with Crippen LogP contribution in [0.1, 0.15) is 42.9 Å². The van der Waals surface area contributed by atoms with Crippen molar-refractivity contribution in [3.63, 3.8) is 0 Å². The molecule has 2 rings (SSSR count). The number of carbonyl (C=O) groups excluding carboxylic acids is 1. The summed E-state index contributed by atoms with van der Waals surface area (Å²) in [6, 6.07) is 6.97. The van der Waals surface area contributed by atoms with Gasteiger partial charge in [-0.3, -0.25) is 4.79 Å². The molecular weight excluding hydrogens is 487 g/mol. The van der Waals surface area contributed by atoms with Crippen LogP contribution in [-0.4, -0.2) is 41.2 Å². The van der Waals surface area contributed by atoms with Crippen molar-refractivity contribution < 1.29 is 31.9 Å². The minimum Gasteiger partial charge on any atom is -0.390 e. The van der Waals surface area contributed by atoms with Crippen LogP contribution < -0.4 is 10.6 Å². The van der Waals surface area contributed by atoms with E-state index in [0.29, 0.717) is 11.3 Å². The van der Waals surface area contributed by atoms with Gasteiger partial charge in [0.1, 0.15) is 11.6 Å². The molecule has 3 N–H and O–H groups in total. The van der Waals surface area contributed by atoms with Gasteiger partial charge >= 0.3 is 6.18 Å². The Hall–Kier alpha value is -2.17. The summed E-state index contributed by atoms with van der Waals surface area (Å²) in [5, 5.41) is 16.3. The van der Waals surface area contributed by atoms with Crippen LogP contribution in [0.4, 0.5) is 22.0 Å². The highest BCUT2D eigenvalue weighted by Crippen LogP contribution is 2.29. The second kappa shape index (κ2) is 14.4. The quantitative estimate of drug-likeness (QED) is 0.241. The first-order valence-corrected chi connectivity index (χ1v) is 12.6. The molecule has 2 unspecified atom stereocenters. The maximum atomic E-state index is 13.6. The lowest BCUT2D eigenvalue weighted by atomic mass is 10.0. The molecule has 194 valence electrons. The van der Waals surface area contributed by atoms with E-state index in [2.05, 4.69) is 17.6 Å². The zero-order valence-electron chi connectivity index (χ0n) is 19.5. The number of alkyl halides is 3. The van der Waals surface area contributed by atoms with Crippen LogP contribution in [0, 0.1) is 11.6 Å². The molecule has 0 bridgehead atoms. The van der Waals surface area contributed by atoms with E-state index in [4.69, 9.17) is 0 Å². The lowest BCUT2D eigenvalue weighted by molar-refractivity contribution is -0.137. The minimum absolute atomic E-state index is 0.0181. The number of amides is 1. The molecule has 0 radical (unpaired) electrons. The van der Waals surface area contributed by atoms with Gasteiger partial charge in [0.25, 0.3) is 0 Å². The van der Waals surface area contributed by atoms with Crippen LogP contribution in [-0.2, 0) is 23.9 Å². The Labute approximate surface area is 206 Å². The molecule has 0 aliphatic heterocycles. The van der Waals surface area contributed by atoms with Crippen LogP contribution in [0.5, 0.6) is 0 Å². The normalized spacial score (nSPS) is 13.5. The van der Waals surface area contributed by atoms with Gasteiger partial charge in [-0.15, -0.1) is 0 Å². The van der Waals surface area contributed by atoms with Gasteiger partial charge in [-0.25, -0.2) is 8.78 Å². The van der Waals surface area contributed by atoms with Gasteiger partial charge in [0.2, 0.25) is 5.91 Å². The average Bonchev–Trinajstić information content (AvgIpc) is 2.77. The molecule has 0 spiro atoms. The molecule has 0 aliphatic rings. The third-order valence-electron chi connectivity index (χ3n) is 5.24. The highest BCUT2D eigenvalue weighted by Gasteiger charge is 2.30. The Bertz CT molecular complexity index is 922. The van der Waals surface area contributed by atoms with Crippen LogP contribution >= 0.6 is 11.8 Å². The predicted molar refractivity (Wildman–Crippen MR) is 128 cm³/mol. The molecule has 0 heterocycles. The number of halogens is 5. The van der Waals surface area contributed by atoms with Crippen LogP contribution in [0.2, 0.25) is 0 Å². The largest absolute Gasteiger partial charge is 0.416 e. The molecule has 2 aromatic carbocycles. The van der Waals surface area contributed by atoms with Crippen LogP contribution in [0.3, 0.4) is 0 Å². The second-order valence-electron chi connectivity index (χ2n) is 8.27. The first-order valence-electron chi connectivity index (χ1n) is 11.5. The Morgan fingerprint density at radius 3 is 2.43 bits per heavy atom. The number of unbranched alkanes of at least 4 members (excludes halogenated alkanes) is 1. The van der Waals surface area contributed by atoms with E-state index in [1.165, 1.54) is 12.1 Å². The summed E-state index contributed by atoms with van der Waals surface area (Å²) in [5.41, 5.74) is -0.126. The number of nitrogens with one attached hydrogen (secondary N) is 2. The van der Waals surface area contributed by atoms with Crippen molar-refractivity contribution in [1.82, 2.24) is 10.6 Å². The fourth-order valence-corrected chi connectivity index (χ4v) is 4.45. The number of thioether (sulfide) groups is 1. The van der Waals surface area contributed by atoms with Gasteiger partial charge in [0, 0.05) is 31.3 Å². The molecule has 35 heavy (non-hydrogen) atoms. The van der Waals surface area contributed by atoms with Crippen LogP contribution in [0.25, 0.3) is 0 Å². The highest BCUT2D eigenvalue weighted by atomic mass is 32.2. The van der Waals surface area contributed by atoms with Crippen LogP contribution in [0.15, 0.2) is 42.5 Å². The van der Waals surface area contributed by atoms with E-state index in [1.54, 1.807) is 11.8 Å². The Kier molecular flexibility index (Phi) is 12.0. The fourth-order valence-electron chi connectivity index (χ4n) is 3.42. The summed E-state index contributed by atoms with van der Waals surface area (Å²) in [7, 11) is 0. The summed E-state index contributed by atoms with van der Waals surface area (Å²) in [6.07, 6.45) is -3.28. The maximum Gasteiger partial charge on any atom is 0.416 e. The number of aliphatic hydroxyl groups excluding tert-OH is 1. The summed E-state index contributed by atoms with van der Waals surface area (Å²) in [5.74, 6) is -0.286. The van der Waals surface area contributed by atoms with Gasteiger partial charge in [-0.1, -0.05) is 31.5 Å². The molecule has 0 aliphatic carbocycles. The molecule has 10 heteroatoms. The van der Waals surface area contributed by atoms with Crippen molar-refractivity contribution in [2.45, 2.75) is 57.5 Å². The predicted octanol–water partition coefficient (Wildman–Crippen LogP) is 5.09. The van der Waals surface area contributed by atoms with E-state index in [9.17, 15) is 31.9 Å². The van der Waals surface area contributed by atoms with E-state index in [-0.39, 0.29) is 37.4 Å². The standard InChI is InChI=1S/C25H31F5N2O2S/c1-2-3-8-35-9-7-24(34)32-22(13-18-11-20(26)14-21(27)12-18)23(33)16-31-15-17-5-4-6-19(10-17)25(28,29)30/h4-6,10-12,14,22-23,31,33H,2-3,7-9,13,15-16H2,1H3,(H,32,34). The molecule has 0 saturated carbocycles. The fraction of sp³-hybridized carbons (Fsp3) is 0.480. The van der Waals surface area contributed by atoms with Gasteiger partial charge in [0.15, 0.2) is 0 Å². The van der Waals surface area contributed by atoms with E-state index in [1.807, 2.05) is 0 Å². The van der Waals surface area contributed by atoms with Crippen molar-refractivity contribution in [3.05, 3.63) is 70.8 Å². The SMILES string of the molecule is CCCCSCCC(=O)NC(Cc1cc(F)cc(F)c1)C(O)CNCc1cccc(C(F)(F)F)c1. The molecule has 0 aromatic heterocycles. The highest BCUT2D eigenvalue weighted by molar-refractivity contribution is 7.99. The van der Waals surface area contributed by atoms with Crippen molar-refractivity contribution in [1.29, 1.82) is 0 Å². The van der Waals surface area contributed by atoms with Crippen molar-refractivity contribution >= 4 is 17.7 Å². The summed E-state index contributed by atoms with van der Waals surface area (Å²) in [6.45, 7) is 2.09. The summed E-state index contributed by atoms with van der Waals surface area (Å²) < 4.78 is 66.0. The zero-order chi connectivity index (χ0) is 25.8. The lowest BCUT2D eigenvalue weighted by Crippen LogP contribution is -2.48. The van der Waals surface area contributed by atoms with E-state index < -0.39 is 35.5 Å². The van der Waals surface area contributed by atoms with Crippen molar-refractivity contribution in [2.75, 3.05) is 18.1 Å². The van der Waals surface area contributed by atoms with Gasteiger partial charge in [-0.2, -0.15) is 24.9 Å². The number of aliphatic hydroxyl groups is 1. The monoisotopic (exact) mass is 518 g/mol. The average molecular weight is 519 g/mol. The van der Waals surface area contributed by atoms with Crippen molar-refractivity contribution in [3.8, 4) is 0 Å². The Balaban J connectivity index is 1.99. The first-order chi connectivity index (χ1) is 16.6. The maximum absolute atomic E-state index is 13.6. The van der Waals surface area contributed by atoms with E-state index >= 15 is 0 Å². The number of rotatable bonds is 14. The first kappa shape index (κ1) is 29.1. The number of benzene rings is 2. The Morgan fingerprint density at radius 2 is 1.77 bits per heavy atom. The van der Waals surface area contributed by atoms with Crippen molar-refractivity contribution in [2.24, 2.45) is 0 Å². The molecule has 0 saturated heterocycles. The number of carbonyl (C=O) groups is 1. The molecule has 2 aromatic rings. The van der Waals surface area contributed by atoms with Gasteiger partial charge in [-0.05, 0) is 47.9 Å². The molecule has 0 fully saturated rings. The van der Waals surface area contributed by atoms with Gasteiger partial charge < -0.3 is 15.7 Å². The topological polar surface area (TPSA) is 61.4 Å². The lowest BCUT2D eigenvalue weighted by Gasteiger charge is -2.25. The zero-order valence-corrected chi connectivity index (χ0v) is 20.3. The third kappa shape index (κ3) is 11.0. The summed E-state index contributed by atoms with van der Waals surface area (Å²) >= 11 is 1.65. The van der Waals surface area contributed by atoms with Gasteiger partial charge in [0.05, 0.1) is 17.7 Å². The molecule has 2 atom stereocenters. The second-order valence-corrected chi connectivity index (χ2v) is 9.49.